The zero-order valence-corrected chi connectivity index (χ0v) is 12.3. The third kappa shape index (κ3) is 4.30. The monoisotopic (exact) mass is 265 g/mol. The highest BCUT2D eigenvalue weighted by atomic mass is 16.3. The fraction of sp³-hybridized carbons (Fsp3) is 0.867. The molecule has 1 aromatic rings. The topological polar surface area (TPSA) is 50.9 Å². The molecule has 1 aromatic heterocycles. The summed E-state index contributed by atoms with van der Waals surface area (Å²) in [5.41, 5.74) is 0. The van der Waals surface area contributed by atoms with Crippen molar-refractivity contribution in [3.63, 3.8) is 0 Å². The Labute approximate surface area is 116 Å². The van der Waals surface area contributed by atoms with Gasteiger partial charge in [-0.1, -0.05) is 32.1 Å². The van der Waals surface area contributed by atoms with E-state index in [2.05, 4.69) is 23.9 Å². The Morgan fingerprint density at radius 1 is 1.32 bits per heavy atom. The van der Waals surface area contributed by atoms with Crippen LogP contribution in [0.2, 0.25) is 0 Å². The van der Waals surface area contributed by atoms with E-state index in [4.69, 9.17) is 0 Å². The molecule has 1 fully saturated rings. The fourth-order valence-corrected chi connectivity index (χ4v) is 3.07. The van der Waals surface area contributed by atoms with Crippen LogP contribution in [0.1, 0.15) is 70.7 Å². The van der Waals surface area contributed by atoms with Crippen LogP contribution >= 0.6 is 0 Å². The maximum atomic E-state index is 10.2. The van der Waals surface area contributed by atoms with E-state index in [1.807, 2.05) is 4.68 Å². The summed E-state index contributed by atoms with van der Waals surface area (Å²) in [6, 6.07) is 0.308. The summed E-state index contributed by atoms with van der Waals surface area (Å²) < 4.78 is 1.91. The number of rotatable bonds is 6. The Hall–Kier alpha value is -0.900. The second-order valence-electron chi connectivity index (χ2n) is 6.15. The summed E-state index contributed by atoms with van der Waals surface area (Å²) in [5.74, 6) is 1.75. The Bertz CT molecular complexity index is 369. The molecule has 1 heterocycles. The summed E-state index contributed by atoms with van der Waals surface area (Å²) in [6.45, 7) is 4.18. The molecule has 1 aliphatic carbocycles. The predicted molar refractivity (Wildman–Crippen MR) is 75.9 cm³/mol. The average Bonchev–Trinajstić information content (AvgIpc) is 2.86. The Balaban J connectivity index is 1.77. The van der Waals surface area contributed by atoms with E-state index >= 15 is 0 Å². The molecule has 4 heteroatoms. The summed E-state index contributed by atoms with van der Waals surface area (Å²) in [5, 5.41) is 14.4. The van der Waals surface area contributed by atoms with Crippen LogP contribution in [-0.2, 0) is 6.42 Å². The maximum Gasteiger partial charge on any atom is 0.138 e. The zero-order valence-electron chi connectivity index (χ0n) is 12.3. The minimum absolute atomic E-state index is 0.274. The van der Waals surface area contributed by atoms with E-state index in [9.17, 15) is 5.11 Å². The van der Waals surface area contributed by atoms with Gasteiger partial charge >= 0.3 is 0 Å². The Kier molecular flexibility index (Phi) is 5.37. The quantitative estimate of drug-likeness (QED) is 0.859. The minimum atomic E-state index is -0.274. The Morgan fingerprint density at radius 2 is 2.05 bits per heavy atom. The molecule has 0 radical (unpaired) electrons. The lowest BCUT2D eigenvalue weighted by Gasteiger charge is -2.22. The Morgan fingerprint density at radius 3 is 2.74 bits per heavy atom. The normalized spacial score (nSPS) is 18.9. The predicted octanol–water partition coefficient (Wildman–Crippen LogP) is 3.12. The number of nitrogens with zero attached hydrogens (tertiary/aromatic N) is 3. The first-order chi connectivity index (χ1) is 9.16. The molecule has 0 aliphatic heterocycles. The summed E-state index contributed by atoms with van der Waals surface area (Å²) in [4.78, 5) is 4.26. The van der Waals surface area contributed by atoms with Crippen molar-refractivity contribution >= 4 is 0 Å². The highest BCUT2D eigenvalue weighted by Crippen LogP contribution is 2.28. The first-order valence-corrected chi connectivity index (χ1v) is 7.73. The number of aromatic nitrogens is 3. The van der Waals surface area contributed by atoms with Gasteiger partial charge < -0.3 is 5.11 Å². The van der Waals surface area contributed by atoms with Crippen molar-refractivity contribution in [1.29, 1.82) is 0 Å². The van der Waals surface area contributed by atoms with E-state index in [0.717, 1.165) is 24.6 Å². The van der Waals surface area contributed by atoms with Crippen LogP contribution in [-0.4, -0.2) is 26.0 Å². The number of hydrogen-bond donors (Lipinski definition) is 1. The molecule has 19 heavy (non-hydrogen) atoms. The van der Waals surface area contributed by atoms with Crippen LogP contribution < -0.4 is 0 Å². The lowest BCUT2D eigenvalue weighted by atomic mass is 9.85. The van der Waals surface area contributed by atoms with E-state index < -0.39 is 0 Å². The van der Waals surface area contributed by atoms with E-state index in [0.29, 0.717) is 12.5 Å². The van der Waals surface area contributed by atoms with Gasteiger partial charge in [-0.05, 0) is 32.6 Å². The lowest BCUT2D eigenvalue weighted by Crippen LogP contribution is -2.18. The largest absolute Gasteiger partial charge is 0.393 e. The van der Waals surface area contributed by atoms with Crippen molar-refractivity contribution in [3.05, 3.63) is 12.2 Å². The highest BCUT2D eigenvalue weighted by molar-refractivity contribution is 4.89. The molecule has 4 nitrogen and oxygen atoms in total. The molecule has 1 unspecified atom stereocenters. The van der Waals surface area contributed by atoms with Crippen LogP contribution in [0.3, 0.4) is 0 Å². The molecule has 0 bridgehead atoms. The van der Waals surface area contributed by atoms with Gasteiger partial charge in [0.1, 0.15) is 12.2 Å². The van der Waals surface area contributed by atoms with E-state index in [-0.39, 0.29) is 6.10 Å². The van der Waals surface area contributed by atoms with Crippen molar-refractivity contribution in [1.82, 2.24) is 14.8 Å². The molecule has 0 spiro atoms. The van der Waals surface area contributed by atoms with Gasteiger partial charge in [-0.3, -0.25) is 0 Å². The number of hydrogen-bond acceptors (Lipinski definition) is 3. The standard InChI is InChI=1S/C15H27N3O/c1-12(2)18-15(16-11-17-18)10-14(19)9-8-13-6-4-3-5-7-13/h11-14,19H,3-10H2,1-2H3. The SMILES string of the molecule is CC(C)n1ncnc1CC(O)CCC1CCCCC1. The van der Waals surface area contributed by atoms with Crippen molar-refractivity contribution in [2.24, 2.45) is 5.92 Å². The average molecular weight is 265 g/mol. The van der Waals surface area contributed by atoms with E-state index in [1.165, 1.54) is 32.1 Å². The van der Waals surface area contributed by atoms with Crippen LogP contribution in [0, 0.1) is 5.92 Å². The molecule has 1 atom stereocenters. The molecular weight excluding hydrogens is 238 g/mol. The van der Waals surface area contributed by atoms with Crippen LogP contribution in [0.4, 0.5) is 0 Å². The molecule has 1 aliphatic rings. The second kappa shape index (κ2) is 7.04. The van der Waals surface area contributed by atoms with Crippen molar-refractivity contribution in [2.45, 2.75) is 77.4 Å². The molecule has 108 valence electrons. The van der Waals surface area contributed by atoms with Crippen LogP contribution in [0.15, 0.2) is 6.33 Å². The zero-order chi connectivity index (χ0) is 13.7. The summed E-state index contributed by atoms with van der Waals surface area (Å²) in [7, 11) is 0. The second-order valence-corrected chi connectivity index (χ2v) is 6.15. The molecular formula is C15H27N3O. The van der Waals surface area contributed by atoms with Gasteiger partial charge in [-0.2, -0.15) is 5.10 Å². The van der Waals surface area contributed by atoms with Crippen LogP contribution in [0.25, 0.3) is 0 Å². The maximum absolute atomic E-state index is 10.2. The first kappa shape index (κ1) is 14.5. The first-order valence-electron chi connectivity index (χ1n) is 7.73. The summed E-state index contributed by atoms with van der Waals surface area (Å²) in [6.07, 6.45) is 10.9. The molecule has 1 saturated carbocycles. The number of aliphatic hydroxyl groups excluding tert-OH is 1. The van der Waals surface area contributed by atoms with Gasteiger partial charge in [0.2, 0.25) is 0 Å². The van der Waals surface area contributed by atoms with Crippen LogP contribution in [0.5, 0.6) is 0 Å². The van der Waals surface area contributed by atoms with Crippen molar-refractivity contribution in [3.8, 4) is 0 Å². The highest BCUT2D eigenvalue weighted by Gasteiger charge is 2.17. The van der Waals surface area contributed by atoms with E-state index in [1.54, 1.807) is 6.33 Å². The van der Waals surface area contributed by atoms with Crippen molar-refractivity contribution in [2.75, 3.05) is 0 Å². The number of aliphatic hydroxyl groups is 1. The third-order valence-electron chi connectivity index (χ3n) is 4.19. The molecule has 0 saturated heterocycles. The molecule has 2 rings (SSSR count). The molecule has 1 N–H and O–H groups in total. The smallest absolute Gasteiger partial charge is 0.138 e. The van der Waals surface area contributed by atoms with Crippen molar-refractivity contribution < 1.29 is 5.11 Å². The summed E-state index contributed by atoms with van der Waals surface area (Å²) >= 11 is 0. The van der Waals surface area contributed by atoms with Gasteiger partial charge in [-0.15, -0.1) is 0 Å². The van der Waals surface area contributed by atoms with Gasteiger partial charge in [0.25, 0.3) is 0 Å². The minimum Gasteiger partial charge on any atom is -0.393 e. The molecule has 0 aromatic carbocycles. The third-order valence-corrected chi connectivity index (χ3v) is 4.19. The fourth-order valence-electron chi connectivity index (χ4n) is 3.07. The molecule has 0 amide bonds. The van der Waals surface area contributed by atoms with Gasteiger partial charge in [-0.25, -0.2) is 9.67 Å². The van der Waals surface area contributed by atoms with Gasteiger partial charge in [0, 0.05) is 12.5 Å². The van der Waals surface area contributed by atoms with Gasteiger partial charge in [0.15, 0.2) is 0 Å². The van der Waals surface area contributed by atoms with Gasteiger partial charge in [0.05, 0.1) is 6.10 Å². The lowest BCUT2D eigenvalue weighted by molar-refractivity contribution is 0.145.